The molecule has 0 amide bonds. The molecule has 2 unspecified atom stereocenters. The van der Waals surface area contributed by atoms with E-state index in [4.69, 9.17) is 5.73 Å². The number of aliphatic hydroxyl groups excluding tert-OH is 1. The Bertz CT molecular complexity index is 334. The standard InChI is InChI=1S/C13H20N2O/c14-8-10-4-1-2-6-12(10)13(16)11-5-3-7-15-9-11/h1-2,4,6,11,13,15-16H,3,5,7-9,14H2. The van der Waals surface area contributed by atoms with Crippen LogP contribution in [0.4, 0.5) is 0 Å². The second-order valence-electron chi connectivity index (χ2n) is 4.45. The highest BCUT2D eigenvalue weighted by molar-refractivity contribution is 5.29. The Labute approximate surface area is 96.7 Å². The SMILES string of the molecule is NCc1ccccc1C(O)C1CCCNC1. The third-order valence-corrected chi connectivity index (χ3v) is 3.38. The maximum Gasteiger partial charge on any atom is 0.0833 e. The zero-order chi connectivity index (χ0) is 11.4. The van der Waals surface area contributed by atoms with Crippen molar-refractivity contribution in [2.75, 3.05) is 13.1 Å². The van der Waals surface area contributed by atoms with Crippen LogP contribution in [0.5, 0.6) is 0 Å². The number of piperidine rings is 1. The molecule has 0 saturated carbocycles. The minimum Gasteiger partial charge on any atom is -0.388 e. The van der Waals surface area contributed by atoms with Crippen molar-refractivity contribution >= 4 is 0 Å². The molecule has 1 aromatic carbocycles. The van der Waals surface area contributed by atoms with Crippen LogP contribution in [0.25, 0.3) is 0 Å². The van der Waals surface area contributed by atoms with Crippen molar-refractivity contribution in [2.24, 2.45) is 11.7 Å². The highest BCUT2D eigenvalue weighted by Crippen LogP contribution is 2.29. The summed E-state index contributed by atoms with van der Waals surface area (Å²) in [7, 11) is 0. The number of hydrogen-bond donors (Lipinski definition) is 3. The van der Waals surface area contributed by atoms with E-state index in [0.29, 0.717) is 12.5 Å². The van der Waals surface area contributed by atoms with Gasteiger partial charge in [0.2, 0.25) is 0 Å². The summed E-state index contributed by atoms with van der Waals surface area (Å²) in [6.07, 6.45) is 1.85. The molecule has 2 rings (SSSR count). The van der Waals surface area contributed by atoms with Gasteiger partial charge in [-0.25, -0.2) is 0 Å². The molecule has 4 N–H and O–H groups in total. The number of nitrogens with two attached hydrogens (primary N) is 1. The summed E-state index contributed by atoms with van der Waals surface area (Å²) in [5.74, 6) is 0.321. The first-order valence-corrected chi connectivity index (χ1v) is 5.99. The Hall–Kier alpha value is -0.900. The Morgan fingerprint density at radius 1 is 1.44 bits per heavy atom. The van der Waals surface area contributed by atoms with Crippen LogP contribution in [0.1, 0.15) is 30.1 Å². The Morgan fingerprint density at radius 3 is 2.94 bits per heavy atom. The number of aliphatic hydroxyl groups is 1. The van der Waals surface area contributed by atoms with Gasteiger partial charge in [-0.15, -0.1) is 0 Å². The van der Waals surface area contributed by atoms with E-state index < -0.39 is 0 Å². The van der Waals surface area contributed by atoms with Gasteiger partial charge in [-0.3, -0.25) is 0 Å². The lowest BCUT2D eigenvalue weighted by atomic mass is 9.87. The van der Waals surface area contributed by atoms with Crippen LogP contribution in [-0.4, -0.2) is 18.2 Å². The summed E-state index contributed by atoms with van der Waals surface area (Å²) in [4.78, 5) is 0. The first kappa shape index (κ1) is 11.6. The number of nitrogens with one attached hydrogen (secondary N) is 1. The predicted octanol–water partition coefficient (Wildman–Crippen LogP) is 1.18. The number of hydrogen-bond acceptors (Lipinski definition) is 3. The van der Waals surface area contributed by atoms with E-state index in [1.165, 1.54) is 0 Å². The highest BCUT2D eigenvalue weighted by Gasteiger charge is 2.24. The normalized spacial score (nSPS) is 23.0. The molecule has 1 aromatic rings. The summed E-state index contributed by atoms with van der Waals surface area (Å²) in [6.45, 7) is 2.47. The van der Waals surface area contributed by atoms with Gasteiger partial charge >= 0.3 is 0 Å². The molecule has 1 fully saturated rings. The van der Waals surface area contributed by atoms with E-state index in [0.717, 1.165) is 37.1 Å². The Kier molecular flexibility index (Phi) is 3.93. The van der Waals surface area contributed by atoms with Crippen molar-refractivity contribution in [3.05, 3.63) is 35.4 Å². The third kappa shape index (κ3) is 2.43. The molecule has 88 valence electrons. The molecule has 1 saturated heterocycles. The molecule has 1 aliphatic rings. The molecular formula is C13H20N2O. The molecule has 1 aliphatic heterocycles. The highest BCUT2D eigenvalue weighted by atomic mass is 16.3. The van der Waals surface area contributed by atoms with Crippen LogP contribution in [-0.2, 0) is 6.54 Å². The molecule has 0 aromatic heterocycles. The largest absolute Gasteiger partial charge is 0.388 e. The van der Waals surface area contributed by atoms with Crippen molar-refractivity contribution in [2.45, 2.75) is 25.5 Å². The van der Waals surface area contributed by atoms with Gasteiger partial charge in [0.25, 0.3) is 0 Å². The van der Waals surface area contributed by atoms with Gasteiger partial charge in [-0.1, -0.05) is 24.3 Å². The summed E-state index contributed by atoms with van der Waals surface area (Å²) in [5.41, 5.74) is 7.75. The average Bonchev–Trinajstić information content (AvgIpc) is 2.39. The summed E-state index contributed by atoms with van der Waals surface area (Å²) in [5, 5.41) is 13.7. The van der Waals surface area contributed by atoms with E-state index in [1.807, 2.05) is 24.3 Å². The van der Waals surface area contributed by atoms with Crippen molar-refractivity contribution in [1.82, 2.24) is 5.32 Å². The van der Waals surface area contributed by atoms with Gasteiger partial charge in [-0.05, 0) is 30.5 Å². The maximum absolute atomic E-state index is 10.4. The molecule has 3 heteroatoms. The zero-order valence-corrected chi connectivity index (χ0v) is 9.52. The fourth-order valence-electron chi connectivity index (χ4n) is 2.41. The monoisotopic (exact) mass is 220 g/mol. The molecule has 0 radical (unpaired) electrons. The predicted molar refractivity (Wildman–Crippen MR) is 64.9 cm³/mol. The summed E-state index contributed by atoms with van der Waals surface area (Å²) < 4.78 is 0. The van der Waals surface area contributed by atoms with Crippen LogP contribution in [0.3, 0.4) is 0 Å². The maximum atomic E-state index is 10.4. The van der Waals surface area contributed by atoms with E-state index >= 15 is 0 Å². The molecular weight excluding hydrogens is 200 g/mol. The van der Waals surface area contributed by atoms with Crippen molar-refractivity contribution < 1.29 is 5.11 Å². The van der Waals surface area contributed by atoms with E-state index in [9.17, 15) is 5.11 Å². The first-order valence-electron chi connectivity index (χ1n) is 5.99. The number of rotatable bonds is 3. The minimum atomic E-state index is -0.382. The Balaban J connectivity index is 2.15. The lowest BCUT2D eigenvalue weighted by Gasteiger charge is -2.28. The van der Waals surface area contributed by atoms with Crippen LogP contribution in [0.15, 0.2) is 24.3 Å². The van der Waals surface area contributed by atoms with Gasteiger partial charge in [0.1, 0.15) is 0 Å². The van der Waals surface area contributed by atoms with E-state index in [1.54, 1.807) is 0 Å². The van der Waals surface area contributed by atoms with Crippen molar-refractivity contribution in [1.29, 1.82) is 0 Å². The summed E-state index contributed by atoms with van der Waals surface area (Å²) >= 11 is 0. The first-order chi connectivity index (χ1) is 7.83. The fraction of sp³-hybridized carbons (Fsp3) is 0.538. The van der Waals surface area contributed by atoms with Gasteiger partial charge < -0.3 is 16.2 Å². The van der Waals surface area contributed by atoms with Crippen LogP contribution in [0, 0.1) is 5.92 Å². The lowest BCUT2D eigenvalue weighted by molar-refractivity contribution is 0.0914. The smallest absolute Gasteiger partial charge is 0.0833 e. The van der Waals surface area contributed by atoms with Crippen molar-refractivity contribution in [3.8, 4) is 0 Å². The molecule has 2 atom stereocenters. The fourth-order valence-corrected chi connectivity index (χ4v) is 2.41. The van der Waals surface area contributed by atoms with Gasteiger partial charge in [0.05, 0.1) is 6.10 Å². The van der Waals surface area contributed by atoms with Gasteiger partial charge in [-0.2, -0.15) is 0 Å². The van der Waals surface area contributed by atoms with E-state index in [-0.39, 0.29) is 6.10 Å². The van der Waals surface area contributed by atoms with Crippen LogP contribution < -0.4 is 11.1 Å². The molecule has 0 bridgehead atoms. The van der Waals surface area contributed by atoms with Crippen LogP contribution in [0.2, 0.25) is 0 Å². The van der Waals surface area contributed by atoms with E-state index in [2.05, 4.69) is 5.32 Å². The summed E-state index contributed by atoms with van der Waals surface area (Å²) in [6, 6.07) is 7.92. The molecule has 1 heterocycles. The third-order valence-electron chi connectivity index (χ3n) is 3.38. The van der Waals surface area contributed by atoms with Gasteiger partial charge in [0.15, 0.2) is 0 Å². The topological polar surface area (TPSA) is 58.3 Å². The molecule has 3 nitrogen and oxygen atoms in total. The molecule has 16 heavy (non-hydrogen) atoms. The quantitative estimate of drug-likeness (QED) is 0.717. The van der Waals surface area contributed by atoms with Crippen molar-refractivity contribution in [3.63, 3.8) is 0 Å². The average molecular weight is 220 g/mol. The zero-order valence-electron chi connectivity index (χ0n) is 9.52. The second kappa shape index (κ2) is 5.43. The number of benzene rings is 1. The van der Waals surface area contributed by atoms with Gasteiger partial charge in [0, 0.05) is 19.0 Å². The molecule has 0 aliphatic carbocycles. The lowest BCUT2D eigenvalue weighted by Crippen LogP contribution is -2.33. The van der Waals surface area contributed by atoms with Crippen LogP contribution >= 0.6 is 0 Å². The molecule has 0 spiro atoms. The second-order valence-corrected chi connectivity index (χ2v) is 4.45. The minimum absolute atomic E-state index is 0.321. The Morgan fingerprint density at radius 2 is 2.25 bits per heavy atom.